The van der Waals surface area contributed by atoms with Crippen molar-refractivity contribution in [2.45, 2.75) is 70.5 Å². The second-order valence-electron chi connectivity index (χ2n) is 8.78. The molecule has 1 aliphatic carbocycles. The Morgan fingerprint density at radius 1 is 1.30 bits per heavy atom. The predicted octanol–water partition coefficient (Wildman–Crippen LogP) is 3.29. The highest BCUT2D eigenvalue weighted by Gasteiger charge is 2.43. The monoisotopic (exact) mass is 453 g/mol. The zero-order valence-electron chi connectivity index (χ0n) is 19.5. The number of likely N-dealkylation sites (N-methyl/N-ethyl adjacent to an activating group) is 1. The summed E-state index contributed by atoms with van der Waals surface area (Å²) in [5, 5.41) is 9.46. The number of carboxylic acid groups (broad SMARTS) is 1. The minimum atomic E-state index is -0.990. The maximum Gasteiger partial charge on any atom is 0.336 e. The number of aromatic carboxylic acids is 1. The van der Waals surface area contributed by atoms with E-state index in [2.05, 4.69) is 21.6 Å². The number of hydrogen-bond acceptors (Lipinski definition) is 4. The van der Waals surface area contributed by atoms with Crippen LogP contribution in [-0.2, 0) is 11.2 Å². The molecule has 1 saturated carbocycles. The smallest absolute Gasteiger partial charge is 0.336 e. The van der Waals surface area contributed by atoms with Crippen LogP contribution in [0.5, 0.6) is 5.75 Å². The molecule has 0 radical (unpaired) electrons. The van der Waals surface area contributed by atoms with Crippen molar-refractivity contribution in [1.82, 2.24) is 9.80 Å². The molecule has 2 aliphatic heterocycles. The number of amidine groups is 1. The van der Waals surface area contributed by atoms with E-state index in [0.29, 0.717) is 36.4 Å². The standard InChI is InChI=1S/C24H31N5O4/c1-5-19-22(30)28(4)14(2)21(29(19)15-8-6-7-9-15)27-24(25-3)26-18-11-10-17(23(31)32)16-12-13-33-20(16)18/h10-11,14-15,19H,3,5-9,12-13H2,1-2,4H3,(H,31,32). The van der Waals surface area contributed by atoms with E-state index in [4.69, 9.17) is 9.73 Å². The van der Waals surface area contributed by atoms with Crippen molar-refractivity contribution < 1.29 is 19.4 Å². The number of rotatable bonds is 4. The molecule has 33 heavy (non-hydrogen) atoms. The van der Waals surface area contributed by atoms with Crippen molar-refractivity contribution in [2.75, 3.05) is 13.7 Å². The van der Waals surface area contributed by atoms with Crippen LogP contribution in [0.3, 0.4) is 0 Å². The molecule has 1 saturated heterocycles. The van der Waals surface area contributed by atoms with Crippen LogP contribution >= 0.6 is 0 Å². The first-order valence-electron chi connectivity index (χ1n) is 11.6. The maximum absolute atomic E-state index is 13.0. The molecule has 4 rings (SSSR count). The summed E-state index contributed by atoms with van der Waals surface area (Å²) in [5.74, 6) is 0.506. The fourth-order valence-electron chi connectivity index (χ4n) is 5.11. The van der Waals surface area contributed by atoms with Gasteiger partial charge in [0, 0.05) is 25.1 Å². The van der Waals surface area contributed by atoms with Crippen molar-refractivity contribution in [3.05, 3.63) is 23.3 Å². The minimum absolute atomic E-state index is 0.108. The van der Waals surface area contributed by atoms with Crippen molar-refractivity contribution in [2.24, 2.45) is 15.0 Å². The Hall–Kier alpha value is -3.23. The van der Waals surface area contributed by atoms with Crippen LogP contribution in [0.15, 0.2) is 27.1 Å². The molecule has 1 N–H and O–H groups in total. The number of carboxylic acids is 1. The van der Waals surface area contributed by atoms with Gasteiger partial charge in [0.05, 0.1) is 18.2 Å². The van der Waals surface area contributed by atoms with Gasteiger partial charge >= 0.3 is 5.97 Å². The van der Waals surface area contributed by atoms with Gasteiger partial charge in [-0.1, -0.05) is 19.8 Å². The summed E-state index contributed by atoms with van der Waals surface area (Å²) < 4.78 is 5.70. The van der Waals surface area contributed by atoms with Crippen molar-refractivity contribution in [1.29, 1.82) is 0 Å². The Labute approximate surface area is 193 Å². The lowest BCUT2D eigenvalue weighted by molar-refractivity contribution is -0.138. The Balaban J connectivity index is 1.78. The summed E-state index contributed by atoms with van der Waals surface area (Å²) in [6.45, 7) is 8.06. The molecule has 2 unspecified atom stereocenters. The van der Waals surface area contributed by atoms with Crippen LogP contribution in [0.2, 0.25) is 0 Å². The number of amides is 1. The first-order chi connectivity index (χ1) is 15.9. The van der Waals surface area contributed by atoms with Crippen molar-refractivity contribution in [3.8, 4) is 5.75 Å². The Kier molecular flexibility index (Phi) is 6.49. The van der Waals surface area contributed by atoms with Crippen LogP contribution in [0.25, 0.3) is 0 Å². The number of fused-ring (bicyclic) bond motifs is 1. The van der Waals surface area contributed by atoms with Gasteiger partial charge in [-0.3, -0.25) is 4.79 Å². The summed E-state index contributed by atoms with van der Waals surface area (Å²) in [7, 11) is 1.81. The molecule has 0 aromatic heterocycles. The van der Waals surface area contributed by atoms with Gasteiger partial charge in [-0.15, -0.1) is 0 Å². The van der Waals surface area contributed by atoms with E-state index >= 15 is 0 Å². The molecule has 2 atom stereocenters. The molecule has 176 valence electrons. The van der Waals surface area contributed by atoms with Crippen LogP contribution in [0, 0.1) is 0 Å². The van der Waals surface area contributed by atoms with Crippen LogP contribution < -0.4 is 4.74 Å². The molecule has 2 heterocycles. The summed E-state index contributed by atoms with van der Waals surface area (Å²) in [6.07, 6.45) is 5.56. The van der Waals surface area contributed by atoms with Gasteiger partial charge < -0.3 is 19.6 Å². The zero-order valence-corrected chi connectivity index (χ0v) is 19.5. The number of hydrogen-bond donors (Lipinski definition) is 1. The quantitative estimate of drug-likeness (QED) is 0.556. The van der Waals surface area contributed by atoms with E-state index in [9.17, 15) is 14.7 Å². The number of piperazine rings is 1. The highest BCUT2D eigenvalue weighted by atomic mass is 16.5. The average molecular weight is 454 g/mol. The Bertz CT molecular complexity index is 1030. The van der Waals surface area contributed by atoms with E-state index in [-0.39, 0.29) is 35.6 Å². The van der Waals surface area contributed by atoms with E-state index < -0.39 is 5.97 Å². The number of nitrogens with zero attached hydrogens (tertiary/aromatic N) is 5. The van der Waals surface area contributed by atoms with Gasteiger partial charge in [0.25, 0.3) is 5.96 Å². The fraction of sp³-hybridized carbons (Fsp3) is 0.542. The maximum atomic E-state index is 13.0. The third-order valence-corrected chi connectivity index (χ3v) is 6.94. The van der Waals surface area contributed by atoms with E-state index in [1.165, 1.54) is 6.07 Å². The molecule has 9 nitrogen and oxygen atoms in total. The first kappa shape index (κ1) is 22.9. The van der Waals surface area contributed by atoms with Crippen LogP contribution in [0.1, 0.15) is 61.9 Å². The fourth-order valence-corrected chi connectivity index (χ4v) is 5.11. The second kappa shape index (κ2) is 9.33. The molecular weight excluding hydrogens is 422 g/mol. The van der Waals surface area contributed by atoms with Gasteiger partial charge in [-0.05, 0) is 45.0 Å². The van der Waals surface area contributed by atoms with Gasteiger partial charge in [-0.25, -0.2) is 14.8 Å². The van der Waals surface area contributed by atoms with Gasteiger partial charge in [0.2, 0.25) is 5.91 Å². The zero-order chi connectivity index (χ0) is 23.7. The molecule has 1 amide bonds. The largest absolute Gasteiger partial charge is 0.491 e. The molecule has 0 bridgehead atoms. The highest BCUT2D eigenvalue weighted by molar-refractivity contribution is 6.06. The third kappa shape index (κ3) is 4.12. The molecule has 2 fully saturated rings. The highest BCUT2D eigenvalue weighted by Crippen LogP contribution is 2.38. The average Bonchev–Trinajstić information content (AvgIpc) is 3.50. The minimum Gasteiger partial charge on any atom is -0.491 e. The first-order valence-corrected chi connectivity index (χ1v) is 11.6. The summed E-state index contributed by atoms with van der Waals surface area (Å²) >= 11 is 0. The Morgan fingerprint density at radius 3 is 2.67 bits per heavy atom. The normalized spacial score (nSPS) is 24.9. The molecule has 1 aromatic carbocycles. The number of carbonyl (C=O) groups excluding carboxylic acids is 1. The molecule has 9 heteroatoms. The Morgan fingerprint density at radius 2 is 2.03 bits per heavy atom. The second-order valence-corrected chi connectivity index (χ2v) is 8.78. The lowest BCUT2D eigenvalue weighted by Gasteiger charge is -2.47. The van der Waals surface area contributed by atoms with Crippen molar-refractivity contribution in [3.63, 3.8) is 0 Å². The summed E-state index contributed by atoms with van der Waals surface area (Å²) in [4.78, 5) is 42.0. The molecule has 0 spiro atoms. The number of benzene rings is 1. The molecular formula is C24H31N5O4. The molecule has 1 aromatic rings. The lowest BCUT2D eigenvalue weighted by atomic mass is 9.99. The van der Waals surface area contributed by atoms with Gasteiger partial charge in [0.15, 0.2) is 0 Å². The third-order valence-electron chi connectivity index (χ3n) is 6.94. The van der Waals surface area contributed by atoms with E-state index in [1.807, 2.05) is 13.8 Å². The number of aliphatic imine (C=N–C) groups is 3. The SMILES string of the molecule is C=NC(=Nc1ccc(C(=O)O)c2c1OCC2)N=C1C(C)N(C)C(=O)C(CC)N1C1CCCC1. The van der Waals surface area contributed by atoms with Crippen molar-refractivity contribution >= 4 is 36.1 Å². The topological polar surface area (TPSA) is 107 Å². The number of guanidine groups is 1. The summed E-state index contributed by atoms with van der Waals surface area (Å²) in [6, 6.07) is 2.92. The number of carbonyl (C=O) groups is 2. The van der Waals surface area contributed by atoms with E-state index in [1.54, 1.807) is 18.0 Å². The predicted molar refractivity (Wildman–Crippen MR) is 127 cm³/mol. The van der Waals surface area contributed by atoms with Crippen LogP contribution in [-0.4, -0.2) is 77.1 Å². The lowest BCUT2D eigenvalue weighted by Crippen LogP contribution is -2.64. The number of ether oxygens (including phenoxy) is 1. The van der Waals surface area contributed by atoms with Crippen LogP contribution in [0.4, 0.5) is 5.69 Å². The molecule has 3 aliphatic rings. The summed E-state index contributed by atoms with van der Waals surface area (Å²) in [5.41, 5.74) is 1.33. The van der Waals surface area contributed by atoms with Gasteiger partial charge in [0.1, 0.15) is 23.3 Å². The van der Waals surface area contributed by atoms with Gasteiger partial charge in [-0.2, -0.15) is 4.99 Å². The van der Waals surface area contributed by atoms with E-state index in [0.717, 1.165) is 31.5 Å².